The number of carbonyl (C=O) groups excluding carboxylic acids is 1. The first kappa shape index (κ1) is 20.0. The molecular formula is C24H26N4O2S. The van der Waals surface area contributed by atoms with Gasteiger partial charge in [0, 0.05) is 43.5 Å². The highest BCUT2D eigenvalue weighted by Crippen LogP contribution is 2.31. The minimum Gasteiger partial charge on any atom is -0.497 e. The molecule has 160 valence electrons. The Morgan fingerprint density at radius 3 is 2.58 bits per heavy atom. The molecule has 0 radical (unpaired) electrons. The lowest BCUT2D eigenvalue weighted by Crippen LogP contribution is -2.48. The molecule has 0 N–H and O–H groups in total. The van der Waals surface area contributed by atoms with E-state index in [-0.39, 0.29) is 5.91 Å². The second-order valence-corrected chi connectivity index (χ2v) is 8.93. The number of thiazole rings is 1. The van der Waals surface area contributed by atoms with Crippen LogP contribution >= 0.6 is 11.3 Å². The van der Waals surface area contributed by atoms with Crippen LogP contribution in [0.4, 0.5) is 0 Å². The predicted molar refractivity (Wildman–Crippen MR) is 125 cm³/mol. The van der Waals surface area contributed by atoms with Crippen LogP contribution in [0, 0.1) is 0 Å². The van der Waals surface area contributed by atoms with Crippen molar-refractivity contribution < 1.29 is 9.53 Å². The number of ether oxygens (including phenoxy) is 1. The van der Waals surface area contributed by atoms with Crippen LogP contribution in [0.15, 0.2) is 48.7 Å². The second kappa shape index (κ2) is 8.32. The highest BCUT2D eigenvalue weighted by Gasteiger charge is 2.22. The average molecular weight is 435 g/mol. The van der Waals surface area contributed by atoms with Gasteiger partial charge in [-0.3, -0.25) is 14.1 Å². The number of methoxy groups -OCH3 is 1. The van der Waals surface area contributed by atoms with E-state index in [9.17, 15) is 4.79 Å². The molecule has 1 aliphatic rings. The molecule has 3 heterocycles. The molecule has 2 aromatic carbocycles. The summed E-state index contributed by atoms with van der Waals surface area (Å²) in [6, 6.07) is 13.9. The van der Waals surface area contributed by atoms with Gasteiger partial charge in [0.2, 0.25) is 0 Å². The molecule has 1 fully saturated rings. The maximum absolute atomic E-state index is 13.0. The maximum atomic E-state index is 13.0. The van der Waals surface area contributed by atoms with Crippen LogP contribution in [0.1, 0.15) is 23.7 Å². The van der Waals surface area contributed by atoms with Crippen molar-refractivity contribution in [1.82, 2.24) is 19.2 Å². The zero-order valence-corrected chi connectivity index (χ0v) is 18.7. The smallest absolute Gasteiger partial charge is 0.253 e. The van der Waals surface area contributed by atoms with Gasteiger partial charge in [-0.15, -0.1) is 0 Å². The van der Waals surface area contributed by atoms with Crippen LogP contribution in [0.3, 0.4) is 0 Å². The van der Waals surface area contributed by atoms with Crippen LogP contribution in [0.2, 0.25) is 0 Å². The maximum Gasteiger partial charge on any atom is 0.253 e. The van der Waals surface area contributed by atoms with Gasteiger partial charge in [-0.25, -0.2) is 4.98 Å². The van der Waals surface area contributed by atoms with Crippen LogP contribution in [0.5, 0.6) is 5.75 Å². The Balaban J connectivity index is 1.38. The molecule has 31 heavy (non-hydrogen) atoms. The van der Waals surface area contributed by atoms with Crippen LogP contribution in [0.25, 0.3) is 26.4 Å². The fourth-order valence-corrected chi connectivity index (χ4v) is 5.26. The summed E-state index contributed by atoms with van der Waals surface area (Å²) in [6.07, 6.45) is 3.22. The minimum atomic E-state index is 0.128. The lowest BCUT2D eigenvalue weighted by Gasteiger charge is -2.34. The lowest BCUT2D eigenvalue weighted by atomic mass is 10.1. The first-order valence-electron chi connectivity index (χ1n) is 10.7. The van der Waals surface area contributed by atoms with Crippen molar-refractivity contribution in [1.29, 1.82) is 0 Å². The van der Waals surface area contributed by atoms with E-state index < -0.39 is 0 Å². The summed E-state index contributed by atoms with van der Waals surface area (Å²) < 4.78 is 8.43. The SMILES string of the molecule is CCCN1CCN(C(=O)c2ccc3c(c2)sc2nc(-c4ccc(OC)cc4)cn23)CC1. The third-order valence-electron chi connectivity index (χ3n) is 5.93. The Labute approximate surface area is 185 Å². The van der Waals surface area contributed by atoms with E-state index in [1.165, 1.54) is 0 Å². The monoisotopic (exact) mass is 434 g/mol. The van der Waals surface area contributed by atoms with Gasteiger partial charge < -0.3 is 9.64 Å². The molecule has 5 rings (SSSR count). The van der Waals surface area contributed by atoms with Crippen molar-refractivity contribution in [2.75, 3.05) is 39.8 Å². The Hall–Kier alpha value is -2.90. The summed E-state index contributed by atoms with van der Waals surface area (Å²) in [7, 11) is 1.67. The summed E-state index contributed by atoms with van der Waals surface area (Å²) in [5, 5.41) is 0. The number of nitrogens with zero attached hydrogens (tertiary/aromatic N) is 4. The van der Waals surface area contributed by atoms with E-state index in [0.29, 0.717) is 0 Å². The zero-order chi connectivity index (χ0) is 21.4. The summed E-state index contributed by atoms with van der Waals surface area (Å²) in [6.45, 7) is 6.84. The molecule has 0 spiro atoms. The van der Waals surface area contributed by atoms with Crippen molar-refractivity contribution in [2.45, 2.75) is 13.3 Å². The molecule has 1 saturated heterocycles. The topological polar surface area (TPSA) is 50.1 Å². The minimum absolute atomic E-state index is 0.128. The molecule has 1 aliphatic heterocycles. The van der Waals surface area contributed by atoms with Crippen LogP contribution in [-0.4, -0.2) is 64.9 Å². The zero-order valence-electron chi connectivity index (χ0n) is 17.9. The predicted octanol–water partition coefficient (Wildman–Crippen LogP) is 4.39. The van der Waals surface area contributed by atoms with Crippen molar-refractivity contribution in [3.63, 3.8) is 0 Å². The largest absolute Gasteiger partial charge is 0.497 e. The summed E-state index contributed by atoms with van der Waals surface area (Å²) in [5.74, 6) is 0.960. The molecule has 0 unspecified atom stereocenters. The normalized spacial score (nSPS) is 15.1. The van der Waals surface area contributed by atoms with Crippen molar-refractivity contribution in [3.05, 3.63) is 54.2 Å². The van der Waals surface area contributed by atoms with Crippen molar-refractivity contribution in [3.8, 4) is 17.0 Å². The first-order chi connectivity index (χ1) is 15.2. The molecule has 6 nitrogen and oxygen atoms in total. The second-order valence-electron chi connectivity index (χ2n) is 7.93. The quantitative estimate of drug-likeness (QED) is 0.467. The molecule has 0 aliphatic carbocycles. The molecular weight excluding hydrogens is 408 g/mol. The number of amides is 1. The van der Waals surface area contributed by atoms with Gasteiger partial charge in [0.1, 0.15) is 5.75 Å². The van der Waals surface area contributed by atoms with Gasteiger partial charge >= 0.3 is 0 Å². The van der Waals surface area contributed by atoms with E-state index in [1.54, 1.807) is 18.4 Å². The number of carbonyl (C=O) groups is 1. The highest BCUT2D eigenvalue weighted by atomic mass is 32.1. The van der Waals surface area contributed by atoms with Gasteiger partial charge in [-0.2, -0.15) is 0 Å². The molecule has 0 atom stereocenters. The Bertz CT molecular complexity index is 1220. The first-order valence-corrected chi connectivity index (χ1v) is 11.6. The van der Waals surface area contributed by atoms with Crippen LogP contribution < -0.4 is 4.74 Å². The lowest BCUT2D eigenvalue weighted by molar-refractivity contribution is 0.0637. The molecule has 2 aromatic heterocycles. The third kappa shape index (κ3) is 3.79. The fraction of sp³-hybridized carbons (Fsp3) is 0.333. The van der Waals surface area contributed by atoms with Crippen molar-refractivity contribution >= 4 is 32.4 Å². The summed E-state index contributed by atoms with van der Waals surface area (Å²) in [5.41, 5.74) is 3.83. The molecule has 7 heteroatoms. The number of hydrogen-bond acceptors (Lipinski definition) is 5. The van der Waals surface area contributed by atoms with Gasteiger partial charge in [0.15, 0.2) is 4.96 Å². The molecule has 4 aromatic rings. The molecule has 1 amide bonds. The van der Waals surface area contributed by atoms with E-state index in [0.717, 1.165) is 76.9 Å². The van der Waals surface area contributed by atoms with E-state index in [2.05, 4.69) is 22.4 Å². The van der Waals surface area contributed by atoms with Crippen LogP contribution in [-0.2, 0) is 0 Å². The highest BCUT2D eigenvalue weighted by molar-refractivity contribution is 7.23. The van der Waals surface area contributed by atoms with E-state index in [4.69, 9.17) is 9.72 Å². The number of piperazine rings is 1. The number of hydrogen-bond donors (Lipinski definition) is 0. The van der Waals surface area contributed by atoms with E-state index >= 15 is 0 Å². The van der Waals surface area contributed by atoms with Crippen molar-refractivity contribution in [2.24, 2.45) is 0 Å². The number of benzene rings is 2. The Morgan fingerprint density at radius 1 is 1.10 bits per heavy atom. The summed E-state index contributed by atoms with van der Waals surface area (Å²) >= 11 is 1.62. The number of rotatable bonds is 5. The third-order valence-corrected chi connectivity index (χ3v) is 6.94. The number of aromatic nitrogens is 2. The fourth-order valence-electron chi connectivity index (χ4n) is 4.21. The average Bonchev–Trinajstić information content (AvgIpc) is 3.37. The Kier molecular flexibility index (Phi) is 5.38. The number of imidazole rings is 1. The van der Waals surface area contributed by atoms with Gasteiger partial charge in [0.05, 0.1) is 23.0 Å². The van der Waals surface area contributed by atoms with Gasteiger partial charge in [-0.05, 0) is 55.4 Å². The molecule has 0 bridgehead atoms. The Morgan fingerprint density at radius 2 is 1.87 bits per heavy atom. The van der Waals surface area contributed by atoms with Gasteiger partial charge in [0.25, 0.3) is 5.91 Å². The summed E-state index contributed by atoms with van der Waals surface area (Å²) in [4.78, 5) is 23.2. The van der Waals surface area contributed by atoms with E-state index in [1.807, 2.05) is 47.4 Å². The standard InChI is InChI=1S/C24H26N4O2S/c1-3-10-26-11-13-27(14-12-26)23(29)18-6-9-21-22(15-18)31-24-25-20(16-28(21)24)17-4-7-19(30-2)8-5-17/h4-9,15-16H,3,10-14H2,1-2H3. The molecule has 0 saturated carbocycles. The number of fused-ring (bicyclic) bond motifs is 3. The van der Waals surface area contributed by atoms with Gasteiger partial charge in [-0.1, -0.05) is 18.3 Å².